The first-order valence-electron chi connectivity index (χ1n) is 4.77. The number of aliphatic hydroxyl groups is 1. The van der Waals surface area contributed by atoms with Crippen LogP contribution in [0.1, 0.15) is 12.5 Å². The zero-order valence-electron chi connectivity index (χ0n) is 9.01. The minimum Gasteiger partial charge on any atom is -0.507 e. The number of aromatic nitrogens is 1. The predicted molar refractivity (Wildman–Crippen MR) is 56.4 cm³/mol. The fraction of sp³-hybridized carbons (Fsp3) is 0.182. The fourth-order valence-corrected chi connectivity index (χ4v) is 1.02. The van der Waals surface area contributed by atoms with Crippen LogP contribution in [-0.4, -0.2) is 28.4 Å². The Labute approximate surface area is 96.5 Å². The van der Waals surface area contributed by atoms with Crippen LogP contribution in [0.3, 0.4) is 0 Å². The van der Waals surface area contributed by atoms with Gasteiger partial charge in [-0.3, -0.25) is 9.78 Å². The van der Waals surface area contributed by atoms with Crippen LogP contribution in [-0.2, 0) is 14.3 Å². The van der Waals surface area contributed by atoms with Gasteiger partial charge in [-0.1, -0.05) is 0 Å². The van der Waals surface area contributed by atoms with Crippen LogP contribution in [0, 0.1) is 5.82 Å². The number of nitrogens with zero attached hydrogens (tertiary/aromatic N) is 1. The van der Waals surface area contributed by atoms with Crippen LogP contribution in [0.5, 0.6) is 0 Å². The van der Waals surface area contributed by atoms with E-state index in [2.05, 4.69) is 9.72 Å². The number of ketones is 1. The van der Waals surface area contributed by atoms with Crippen LogP contribution in [0.2, 0.25) is 0 Å². The Bertz CT molecular complexity index is 470. The van der Waals surface area contributed by atoms with Gasteiger partial charge in [-0.15, -0.1) is 0 Å². The molecule has 0 bridgehead atoms. The summed E-state index contributed by atoms with van der Waals surface area (Å²) in [6, 6.07) is 0.983. The topological polar surface area (TPSA) is 76.5 Å². The molecule has 0 aliphatic rings. The van der Waals surface area contributed by atoms with Crippen LogP contribution in [0.15, 0.2) is 24.5 Å². The van der Waals surface area contributed by atoms with Crippen molar-refractivity contribution in [2.24, 2.45) is 0 Å². The Hall–Kier alpha value is -2.24. The molecule has 0 saturated heterocycles. The molecule has 1 aromatic heterocycles. The van der Waals surface area contributed by atoms with E-state index < -0.39 is 23.3 Å². The van der Waals surface area contributed by atoms with Gasteiger partial charge in [0.05, 0.1) is 12.8 Å². The van der Waals surface area contributed by atoms with Gasteiger partial charge in [0, 0.05) is 17.8 Å². The molecule has 0 amide bonds. The lowest BCUT2D eigenvalue weighted by atomic mass is 10.2. The highest BCUT2D eigenvalue weighted by atomic mass is 19.1. The number of rotatable bonds is 4. The number of esters is 1. The molecule has 0 radical (unpaired) electrons. The van der Waals surface area contributed by atoms with Crippen molar-refractivity contribution in [3.8, 4) is 0 Å². The molecule has 1 aromatic rings. The quantitative estimate of drug-likeness (QED) is 0.370. The molecule has 0 fully saturated rings. The number of pyridine rings is 1. The van der Waals surface area contributed by atoms with Gasteiger partial charge in [-0.05, 0) is 13.0 Å². The van der Waals surface area contributed by atoms with Crippen LogP contribution in [0.25, 0.3) is 5.76 Å². The predicted octanol–water partition coefficient (Wildman–Crippen LogP) is 1.25. The van der Waals surface area contributed by atoms with Crippen molar-refractivity contribution in [2.75, 3.05) is 6.61 Å². The maximum atomic E-state index is 12.8. The number of carbonyl (C=O) groups excluding carboxylic acids is 2. The van der Waals surface area contributed by atoms with Crippen molar-refractivity contribution < 1.29 is 23.8 Å². The molecule has 0 aliphatic carbocycles. The molecular formula is C11H10FNO4. The molecule has 0 atom stereocenters. The smallest absolute Gasteiger partial charge is 0.379 e. The maximum absolute atomic E-state index is 12.8. The average molecular weight is 239 g/mol. The highest BCUT2D eigenvalue weighted by Crippen LogP contribution is 2.11. The molecule has 0 saturated carbocycles. The zero-order chi connectivity index (χ0) is 12.8. The Kier molecular flexibility index (Phi) is 4.33. The normalized spacial score (nSPS) is 11.1. The fourth-order valence-electron chi connectivity index (χ4n) is 1.02. The molecule has 1 rings (SSSR count). The molecular weight excluding hydrogens is 229 g/mol. The molecule has 5 nitrogen and oxygen atoms in total. The summed E-state index contributed by atoms with van der Waals surface area (Å²) in [6.07, 6.45) is 2.77. The van der Waals surface area contributed by atoms with Gasteiger partial charge >= 0.3 is 5.97 Å². The van der Waals surface area contributed by atoms with E-state index in [1.165, 1.54) is 0 Å². The molecule has 1 heterocycles. The monoisotopic (exact) mass is 239 g/mol. The lowest BCUT2D eigenvalue weighted by molar-refractivity contribution is -0.151. The molecule has 1 N–H and O–H groups in total. The van der Waals surface area contributed by atoms with Crippen molar-refractivity contribution in [3.63, 3.8) is 0 Å². The van der Waals surface area contributed by atoms with Crippen molar-refractivity contribution in [1.82, 2.24) is 4.98 Å². The molecule has 6 heteroatoms. The van der Waals surface area contributed by atoms with E-state index in [-0.39, 0.29) is 12.2 Å². The van der Waals surface area contributed by atoms with Crippen LogP contribution in [0.4, 0.5) is 4.39 Å². The third-order valence-corrected chi connectivity index (χ3v) is 1.75. The number of aliphatic hydroxyl groups excluding tert-OH is 1. The summed E-state index contributed by atoms with van der Waals surface area (Å²) in [5, 5.41) is 9.46. The summed E-state index contributed by atoms with van der Waals surface area (Å²) in [5.41, 5.74) is 0.00245. The van der Waals surface area contributed by atoms with E-state index in [9.17, 15) is 19.1 Å². The molecule has 0 spiro atoms. The van der Waals surface area contributed by atoms with Crippen molar-refractivity contribution in [1.29, 1.82) is 0 Å². The van der Waals surface area contributed by atoms with Gasteiger partial charge < -0.3 is 9.84 Å². The molecule has 0 aliphatic heterocycles. The second kappa shape index (κ2) is 5.74. The maximum Gasteiger partial charge on any atom is 0.379 e. The van der Waals surface area contributed by atoms with E-state index in [4.69, 9.17) is 0 Å². The number of ether oxygens (including phenoxy) is 1. The first-order valence-corrected chi connectivity index (χ1v) is 4.77. The Balaban J connectivity index is 2.86. The summed E-state index contributed by atoms with van der Waals surface area (Å²) in [5.74, 6) is -3.31. The number of halogens is 1. The zero-order valence-corrected chi connectivity index (χ0v) is 9.01. The van der Waals surface area contributed by atoms with Gasteiger partial charge in [0.1, 0.15) is 11.6 Å². The summed E-state index contributed by atoms with van der Waals surface area (Å²) in [7, 11) is 0. The van der Waals surface area contributed by atoms with Crippen LogP contribution >= 0.6 is 0 Å². The SMILES string of the molecule is CCOC(=O)C(=O)/C=C(\O)c1cncc(F)c1. The first-order chi connectivity index (χ1) is 8.04. The minimum absolute atomic E-state index is 0.00245. The summed E-state index contributed by atoms with van der Waals surface area (Å²) < 4.78 is 17.2. The molecule has 0 unspecified atom stereocenters. The van der Waals surface area contributed by atoms with Crippen LogP contribution < -0.4 is 0 Å². The number of hydrogen-bond acceptors (Lipinski definition) is 5. The summed E-state index contributed by atoms with van der Waals surface area (Å²) in [6.45, 7) is 1.60. The first kappa shape index (κ1) is 12.8. The second-order valence-electron chi connectivity index (χ2n) is 3.01. The molecule has 17 heavy (non-hydrogen) atoms. The number of hydrogen-bond donors (Lipinski definition) is 1. The van der Waals surface area contributed by atoms with Crippen molar-refractivity contribution in [2.45, 2.75) is 6.92 Å². The van der Waals surface area contributed by atoms with Gasteiger partial charge in [0.15, 0.2) is 0 Å². The van der Waals surface area contributed by atoms with E-state index in [0.29, 0.717) is 6.08 Å². The largest absolute Gasteiger partial charge is 0.507 e. The van der Waals surface area contributed by atoms with Gasteiger partial charge in [-0.25, -0.2) is 9.18 Å². The minimum atomic E-state index is -1.08. The lowest BCUT2D eigenvalue weighted by Gasteiger charge is -2.00. The Morgan fingerprint density at radius 3 is 2.82 bits per heavy atom. The second-order valence-corrected chi connectivity index (χ2v) is 3.01. The van der Waals surface area contributed by atoms with Crippen molar-refractivity contribution >= 4 is 17.5 Å². The summed E-state index contributed by atoms with van der Waals surface area (Å²) >= 11 is 0. The van der Waals surface area contributed by atoms with Gasteiger partial charge in [-0.2, -0.15) is 0 Å². The average Bonchev–Trinajstić information content (AvgIpc) is 2.29. The van der Waals surface area contributed by atoms with E-state index in [1.54, 1.807) is 6.92 Å². The van der Waals surface area contributed by atoms with E-state index in [0.717, 1.165) is 18.5 Å². The van der Waals surface area contributed by atoms with E-state index in [1.807, 2.05) is 0 Å². The van der Waals surface area contributed by atoms with Crippen molar-refractivity contribution in [3.05, 3.63) is 35.9 Å². The number of carbonyl (C=O) groups is 2. The standard InChI is InChI=1S/C11H10FNO4/c1-2-17-11(16)10(15)4-9(14)7-3-8(12)6-13-5-7/h3-6,14H,2H2,1H3/b9-4-. The van der Waals surface area contributed by atoms with Gasteiger partial charge in [0.25, 0.3) is 5.78 Å². The third-order valence-electron chi connectivity index (χ3n) is 1.75. The Morgan fingerprint density at radius 1 is 1.53 bits per heavy atom. The third kappa shape index (κ3) is 3.67. The summed E-state index contributed by atoms with van der Waals surface area (Å²) in [4.78, 5) is 25.6. The highest BCUT2D eigenvalue weighted by Gasteiger charge is 2.14. The van der Waals surface area contributed by atoms with Gasteiger partial charge in [0.2, 0.25) is 0 Å². The Morgan fingerprint density at radius 2 is 2.24 bits per heavy atom. The molecule has 90 valence electrons. The van der Waals surface area contributed by atoms with E-state index >= 15 is 0 Å². The highest BCUT2D eigenvalue weighted by molar-refractivity contribution is 6.39. The lowest BCUT2D eigenvalue weighted by Crippen LogP contribution is -2.15. The molecule has 0 aromatic carbocycles.